The van der Waals surface area contributed by atoms with Gasteiger partial charge in [-0.1, -0.05) is 0 Å². The molecule has 0 atom stereocenters. The fourth-order valence-corrected chi connectivity index (χ4v) is 1.54. The van der Waals surface area contributed by atoms with Crippen molar-refractivity contribution in [1.82, 2.24) is 0 Å². The van der Waals surface area contributed by atoms with Gasteiger partial charge in [0.1, 0.15) is 17.1 Å². The molecule has 17 heavy (non-hydrogen) atoms. The number of aryl methyl sites for hydroxylation is 1. The molecule has 0 amide bonds. The lowest BCUT2D eigenvalue weighted by molar-refractivity contribution is -0.138. The summed E-state index contributed by atoms with van der Waals surface area (Å²) in [5, 5.41) is 18.7. The van der Waals surface area contributed by atoms with E-state index >= 15 is 0 Å². The van der Waals surface area contributed by atoms with Gasteiger partial charge in [0.15, 0.2) is 0 Å². The number of aromatic hydroxyl groups is 2. The van der Waals surface area contributed by atoms with Crippen molar-refractivity contribution < 1.29 is 23.4 Å². The SMILES string of the molecule is NCCCCc1cc(O)cc(C(F)(F)F)c1O. The Balaban J connectivity index is 3.02. The first-order valence-corrected chi connectivity index (χ1v) is 5.18. The third kappa shape index (κ3) is 3.52. The number of alkyl halides is 3. The molecular weight excluding hydrogens is 235 g/mol. The highest BCUT2D eigenvalue weighted by molar-refractivity contribution is 5.47. The van der Waals surface area contributed by atoms with Crippen LogP contribution >= 0.6 is 0 Å². The summed E-state index contributed by atoms with van der Waals surface area (Å²) in [7, 11) is 0. The number of unbranched alkanes of at least 4 members (excludes halogenated alkanes) is 1. The van der Waals surface area contributed by atoms with Gasteiger partial charge in [0, 0.05) is 0 Å². The average molecular weight is 249 g/mol. The smallest absolute Gasteiger partial charge is 0.420 e. The first-order valence-electron chi connectivity index (χ1n) is 5.18. The predicted octanol–water partition coefficient (Wildman–Crippen LogP) is 2.40. The van der Waals surface area contributed by atoms with E-state index in [1.807, 2.05) is 0 Å². The van der Waals surface area contributed by atoms with Gasteiger partial charge < -0.3 is 15.9 Å². The molecule has 0 radical (unpaired) electrons. The molecule has 0 aliphatic carbocycles. The van der Waals surface area contributed by atoms with Crippen molar-refractivity contribution in [2.75, 3.05) is 6.54 Å². The number of rotatable bonds is 4. The number of hydrogen-bond donors (Lipinski definition) is 3. The lowest BCUT2D eigenvalue weighted by atomic mass is 10.0. The van der Waals surface area contributed by atoms with Crippen LogP contribution in [0.4, 0.5) is 13.2 Å². The van der Waals surface area contributed by atoms with E-state index in [9.17, 15) is 23.4 Å². The summed E-state index contributed by atoms with van der Waals surface area (Å²) in [4.78, 5) is 0. The highest BCUT2D eigenvalue weighted by Crippen LogP contribution is 2.40. The first kappa shape index (κ1) is 13.6. The Kier molecular flexibility index (Phi) is 4.22. The van der Waals surface area contributed by atoms with E-state index in [0.29, 0.717) is 25.5 Å². The number of halogens is 3. The molecule has 0 spiro atoms. The molecule has 0 aliphatic heterocycles. The highest BCUT2D eigenvalue weighted by atomic mass is 19.4. The summed E-state index contributed by atoms with van der Waals surface area (Å²) in [6, 6.07) is 1.66. The van der Waals surface area contributed by atoms with Crippen LogP contribution in [0.3, 0.4) is 0 Å². The zero-order chi connectivity index (χ0) is 13.1. The summed E-state index contributed by atoms with van der Waals surface area (Å²) in [5.41, 5.74) is 4.15. The molecule has 0 saturated heterocycles. The van der Waals surface area contributed by atoms with Crippen molar-refractivity contribution in [1.29, 1.82) is 0 Å². The summed E-state index contributed by atoms with van der Waals surface area (Å²) >= 11 is 0. The van der Waals surface area contributed by atoms with Gasteiger partial charge in [-0.2, -0.15) is 13.2 Å². The van der Waals surface area contributed by atoms with E-state index in [4.69, 9.17) is 5.73 Å². The normalized spacial score (nSPS) is 11.8. The first-order chi connectivity index (χ1) is 7.86. The molecule has 1 aromatic carbocycles. The van der Waals surface area contributed by atoms with Crippen molar-refractivity contribution in [2.24, 2.45) is 5.73 Å². The van der Waals surface area contributed by atoms with Crippen molar-refractivity contribution in [3.8, 4) is 11.5 Å². The van der Waals surface area contributed by atoms with Gasteiger partial charge in [-0.15, -0.1) is 0 Å². The largest absolute Gasteiger partial charge is 0.508 e. The average Bonchev–Trinajstić information content (AvgIpc) is 2.21. The van der Waals surface area contributed by atoms with Crippen LogP contribution in [-0.2, 0) is 12.6 Å². The maximum atomic E-state index is 12.5. The Morgan fingerprint density at radius 2 is 1.76 bits per heavy atom. The van der Waals surface area contributed by atoms with E-state index in [-0.39, 0.29) is 12.0 Å². The maximum absolute atomic E-state index is 12.5. The molecule has 96 valence electrons. The number of benzene rings is 1. The minimum Gasteiger partial charge on any atom is -0.508 e. The molecule has 1 aromatic rings. The molecule has 0 aliphatic rings. The molecule has 0 aromatic heterocycles. The van der Waals surface area contributed by atoms with Gasteiger partial charge in [0.2, 0.25) is 0 Å². The summed E-state index contributed by atoms with van der Waals surface area (Å²) in [5.74, 6) is -1.31. The van der Waals surface area contributed by atoms with Crippen molar-refractivity contribution in [3.63, 3.8) is 0 Å². The lowest BCUT2D eigenvalue weighted by Gasteiger charge is -2.13. The Morgan fingerprint density at radius 3 is 2.29 bits per heavy atom. The van der Waals surface area contributed by atoms with E-state index in [0.717, 1.165) is 6.07 Å². The van der Waals surface area contributed by atoms with Crippen molar-refractivity contribution in [2.45, 2.75) is 25.4 Å². The Bertz CT molecular complexity index is 391. The van der Waals surface area contributed by atoms with E-state index in [2.05, 4.69) is 0 Å². The Hall–Kier alpha value is -1.43. The van der Waals surface area contributed by atoms with Gasteiger partial charge in [-0.25, -0.2) is 0 Å². The van der Waals surface area contributed by atoms with Crippen LogP contribution in [-0.4, -0.2) is 16.8 Å². The second kappa shape index (κ2) is 5.27. The minimum atomic E-state index is -4.68. The molecule has 0 saturated carbocycles. The molecule has 0 unspecified atom stereocenters. The molecular formula is C11H14F3NO2. The van der Waals surface area contributed by atoms with Gasteiger partial charge in [0.25, 0.3) is 0 Å². The zero-order valence-corrected chi connectivity index (χ0v) is 9.09. The molecule has 0 fully saturated rings. The molecule has 0 heterocycles. The lowest BCUT2D eigenvalue weighted by Crippen LogP contribution is -2.07. The van der Waals surface area contributed by atoms with Crippen LogP contribution in [0.15, 0.2) is 12.1 Å². The molecule has 4 N–H and O–H groups in total. The zero-order valence-electron chi connectivity index (χ0n) is 9.09. The number of phenols is 2. The van der Waals surface area contributed by atoms with Crippen LogP contribution < -0.4 is 5.73 Å². The fourth-order valence-electron chi connectivity index (χ4n) is 1.54. The quantitative estimate of drug-likeness (QED) is 0.567. The Labute approximate surface area is 96.7 Å². The summed E-state index contributed by atoms with van der Waals surface area (Å²) in [6.07, 6.45) is -3.22. The molecule has 3 nitrogen and oxygen atoms in total. The topological polar surface area (TPSA) is 66.5 Å². The molecule has 6 heteroatoms. The van der Waals surface area contributed by atoms with Gasteiger partial charge in [0.05, 0.1) is 0 Å². The van der Waals surface area contributed by atoms with Crippen molar-refractivity contribution >= 4 is 0 Å². The van der Waals surface area contributed by atoms with Gasteiger partial charge in [-0.3, -0.25) is 0 Å². The molecule has 1 rings (SSSR count). The van der Waals surface area contributed by atoms with Gasteiger partial charge in [-0.05, 0) is 43.5 Å². The number of phenolic OH excluding ortho intramolecular Hbond substituents is 2. The van der Waals surface area contributed by atoms with Crippen LogP contribution in [0.5, 0.6) is 11.5 Å². The highest BCUT2D eigenvalue weighted by Gasteiger charge is 2.35. The van der Waals surface area contributed by atoms with E-state index in [1.54, 1.807) is 0 Å². The van der Waals surface area contributed by atoms with Crippen LogP contribution in [0.25, 0.3) is 0 Å². The summed E-state index contributed by atoms with van der Waals surface area (Å²) in [6.45, 7) is 0.436. The Morgan fingerprint density at radius 1 is 1.12 bits per heavy atom. The van der Waals surface area contributed by atoms with Crippen molar-refractivity contribution in [3.05, 3.63) is 23.3 Å². The van der Waals surface area contributed by atoms with Crippen LogP contribution in [0.2, 0.25) is 0 Å². The van der Waals surface area contributed by atoms with Gasteiger partial charge >= 0.3 is 6.18 Å². The standard InChI is InChI=1S/C11H14F3NO2/c12-11(13,14)9-6-8(16)5-7(10(9)17)3-1-2-4-15/h5-6,16-17H,1-4,15H2. The number of nitrogens with two attached hydrogens (primary N) is 1. The maximum Gasteiger partial charge on any atom is 0.420 e. The van der Waals surface area contributed by atoms with Crippen LogP contribution in [0, 0.1) is 0 Å². The predicted molar refractivity (Wildman–Crippen MR) is 56.8 cm³/mol. The third-order valence-corrected chi connectivity index (χ3v) is 2.38. The number of hydrogen-bond acceptors (Lipinski definition) is 3. The molecule has 0 bridgehead atoms. The summed E-state index contributed by atoms with van der Waals surface area (Å²) < 4.78 is 37.5. The van der Waals surface area contributed by atoms with Crippen LogP contribution in [0.1, 0.15) is 24.0 Å². The fraction of sp³-hybridized carbons (Fsp3) is 0.455. The second-order valence-electron chi connectivity index (χ2n) is 3.74. The second-order valence-corrected chi connectivity index (χ2v) is 3.74. The van der Waals surface area contributed by atoms with E-state index < -0.39 is 23.2 Å². The van der Waals surface area contributed by atoms with E-state index in [1.165, 1.54) is 0 Å². The third-order valence-electron chi connectivity index (χ3n) is 2.38. The monoisotopic (exact) mass is 249 g/mol. The minimum absolute atomic E-state index is 0.0887.